The van der Waals surface area contributed by atoms with Crippen LogP contribution >= 0.6 is 0 Å². The van der Waals surface area contributed by atoms with E-state index in [2.05, 4.69) is 0 Å². The highest BCUT2D eigenvalue weighted by atomic mass is 16.4. The Bertz CT molecular complexity index is 306. The van der Waals surface area contributed by atoms with Crippen LogP contribution in [0.1, 0.15) is 5.48 Å². The fourth-order valence-electron chi connectivity index (χ4n) is 0.124. The second kappa shape index (κ2) is 3.85. The number of carboxylic acids is 1. The summed E-state index contributed by atoms with van der Waals surface area (Å²) < 4.78 is 47.3. The van der Waals surface area contributed by atoms with E-state index in [1.165, 1.54) is 0 Å². The first kappa shape index (κ1) is 1.95. The number of aliphatic carboxylic acids is 1. The van der Waals surface area contributed by atoms with Gasteiger partial charge in [-0.3, -0.25) is 9.59 Å². The van der Waals surface area contributed by atoms with Gasteiger partial charge in [0.2, 0.25) is 5.91 Å². The summed E-state index contributed by atoms with van der Waals surface area (Å²) in [5, 5.41) is 7.59. The fraction of sp³-hybridized carbons (Fsp3) is 0.500. The Morgan fingerprint density at radius 3 is 3.11 bits per heavy atom. The molecule has 5 heteroatoms. The van der Waals surface area contributed by atoms with Crippen LogP contribution in [0.5, 0.6) is 0 Å². The normalized spacial score (nSPS) is 23.4. The molecule has 0 radical (unpaired) electrons. The van der Waals surface area contributed by atoms with Gasteiger partial charge in [-0.1, -0.05) is 0 Å². The van der Waals surface area contributed by atoms with Crippen molar-refractivity contribution < 1.29 is 24.4 Å². The molecule has 0 atom stereocenters. The number of nitrogens with two attached hydrogens (primary N) is 1. The Labute approximate surface area is 61.9 Å². The van der Waals surface area contributed by atoms with Gasteiger partial charge < -0.3 is 16.1 Å². The minimum Gasteiger partial charge on any atom is -0.480 e. The van der Waals surface area contributed by atoms with Crippen LogP contribution < -0.4 is 11.0 Å². The van der Waals surface area contributed by atoms with Gasteiger partial charge in [-0.05, 0) is 0 Å². The van der Waals surface area contributed by atoms with Crippen molar-refractivity contribution in [2.45, 2.75) is 0 Å². The molecule has 0 aromatic rings. The molecule has 4 N–H and O–H groups in total. The van der Waals surface area contributed by atoms with Crippen molar-refractivity contribution in [1.82, 2.24) is 5.31 Å². The molecule has 0 saturated heterocycles. The summed E-state index contributed by atoms with van der Waals surface area (Å²) in [5.74, 6) is -4.13. The Hall–Kier alpha value is -1.10. The summed E-state index contributed by atoms with van der Waals surface area (Å²) in [6.45, 7) is -6.76. The minimum absolute atomic E-state index is 0.686. The summed E-state index contributed by atoms with van der Waals surface area (Å²) in [6.07, 6.45) is 0. The minimum atomic E-state index is -3.44. The summed E-state index contributed by atoms with van der Waals surface area (Å²) >= 11 is 0. The topological polar surface area (TPSA) is 92.4 Å². The van der Waals surface area contributed by atoms with Gasteiger partial charge in [0.1, 0.15) is 9.32 Å². The van der Waals surface area contributed by atoms with Crippen molar-refractivity contribution in [3.63, 3.8) is 0 Å². The number of nitrogens with one attached hydrogen (secondary N) is 1. The number of carbonyl (C=O) groups is 2. The maximum absolute atomic E-state index is 11.1. The molecule has 0 unspecified atom stereocenters. The fourth-order valence-corrected chi connectivity index (χ4v) is 0.124. The smallest absolute Gasteiger partial charge is 0.322 e. The second-order valence-corrected chi connectivity index (χ2v) is 0.946. The highest BCUT2D eigenvalue weighted by molar-refractivity contribution is 5.82. The van der Waals surface area contributed by atoms with Gasteiger partial charge in [0.05, 0.1) is 12.0 Å². The Morgan fingerprint density at radius 2 is 2.67 bits per heavy atom. The van der Waals surface area contributed by atoms with Crippen LogP contribution in [0, 0.1) is 0 Å². The van der Waals surface area contributed by atoms with Crippen molar-refractivity contribution in [3.8, 4) is 0 Å². The third kappa shape index (κ3) is 4.76. The molecule has 0 aliphatic rings. The van der Waals surface area contributed by atoms with E-state index in [-0.39, 0.29) is 0 Å². The predicted octanol–water partition coefficient (Wildman–Crippen LogP) is -1.85. The molecule has 9 heavy (non-hydrogen) atoms. The van der Waals surface area contributed by atoms with Crippen LogP contribution in [-0.4, -0.2) is 30.0 Å². The van der Waals surface area contributed by atoms with Crippen LogP contribution in [0.25, 0.3) is 0 Å². The van der Waals surface area contributed by atoms with Gasteiger partial charge >= 0.3 is 5.97 Å². The van der Waals surface area contributed by atoms with Gasteiger partial charge in [-0.2, -0.15) is 0 Å². The predicted molar refractivity (Wildman–Crippen MR) is 29.7 cm³/mol. The first-order valence-corrected chi connectivity index (χ1v) is 1.80. The number of amides is 1. The van der Waals surface area contributed by atoms with Crippen LogP contribution in [0.2, 0.25) is 4.24 Å². The number of rotatable bonds is 4. The first-order valence-electron chi connectivity index (χ1n) is 5.14. The van der Waals surface area contributed by atoms with E-state index in [9.17, 15) is 9.59 Å². The van der Waals surface area contributed by atoms with E-state index in [0.717, 1.165) is 0 Å². The molecule has 0 aliphatic carbocycles. The third-order valence-electron chi connectivity index (χ3n) is 0.349. The van der Waals surface area contributed by atoms with E-state index in [1.807, 2.05) is 0 Å². The maximum atomic E-state index is 11.1. The quantitative estimate of drug-likeness (QED) is 0.426. The van der Waals surface area contributed by atoms with Crippen LogP contribution in [0.15, 0.2) is 0 Å². The summed E-state index contributed by atoms with van der Waals surface area (Å²) in [6, 6.07) is 0. The number of carboxylic acid groups (broad SMARTS) is 1. The molecule has 5 nitrogen and oxygen atoms in total. The highest BCUT2D eigenvalue weighted by Crippen LogP contribution is 1.60. The zero-order valence-corrected chi connectivity index (χ0v) is 4.16. The van der Waals surface area contributed by atoms with Crippen molar-refractivity contribution in [3.05, 3.63) is 0 Å². The van der Waals surface area contributed by atoms with E-state index < -0.39 is 35.9 Å². The van der Waals surface area contributed by atoms with Gasteiger partial charge in [-0.15, -0.1) is 0 Å². The van der Waals surface area contributed by atoms with Crippen molar-refractivity contribution in [2.75, 3.05) is 13.0 Å². The zero-order valence-electron chi connectivity index (χ0n) is 11.2. The molecule has 0 fully saturated rings. The summed E-state index contributed by atoms with van der Waals surface area (Å²) in [5.41, 5.74) is -0.686. The van der Waals surface area contributed by atoms with Crippen LogP contribution in [0.4, 0.5) is 0 Å². The highest BCUT2D eigenvalue weighted by Gasteiger charge is 1.98. The molecule has 0 aromatic heterocycles. The van der Waals surface area contributed by atoms with E-state index in [4.69, 9.17) is 14.8 Å². The standard InChI is InChI=1S/C4H8N2O3/c5-1-3(7)6-2-4(8)9/h1-2,5H2,(H,6,7)(H,8,9)/i1D2,2D2/hD3. The Balaban J connectivity index is 5.10. The van der Waals surface area contributed by atoms with Crippen LogP contribution in [-0.2, 0) is 9.59 Å². The first-order chi connectivity index (χ1) is 6.95. The molecule has 0 spiro atoms. The van der Waals surface area contributed by atoms with Crippen LogP contribution in [0.3, 0.4) is 0 Å². The lowest BCUT2D eigenvalue weighted by Gasteiger charge is -1.95. The van der Waals surface area contributed by atoms with Crippen molar-refractivity contribution >= 4 is 11.9 Å². The van der Waals surface area contributed by atoms with Gasteiger partial charge in [-0.25, -0.2) is 0 Å². The number of hydrogen-bond acceptors (Lipinski definition) is 3. The Kier molecular flexibility index (Phi) is 0.832. The van der Waals surface area contributed by atoms with E-state index >= 15 is 0 Å². The average Bonchev–Trinajstić information content (AvgIpc) is 2.14. The lowest BCUT2D eigenvalue weighted by molar-refractivity contribution is -0.137. The van der Waals surface area contributed by atoms with Gasteiger partial charge in [0.15, 0.2) is 1.41 Å². The Morgan fingerprint density at radius 1 is 2.00 bits per heavy atom. The molecule has 1 amide bonds. The maximum Gasteiger partial charge on any atom is 0.322 e. The molecule has 0 rings (SSSR count). The molecule has 0 aromatic carbocycles. The van der Waals surface area contributed by atoms with Crippen molar-refractivity contribution in [1.29, 1.82) is 0 Å². The van der Waals surface area contributed by atoms with E-state index in [0.29, 0.717) is 0 Å². The number of hydrogen-bond donors (Lipinski definition) is 3. The monoisotopic (exact) mass is 139 g/mol. The molecule has 0 heterocycles. The van der Waals surface area contributed by atoms with Gasteiger partial charge in [0, 0.05) is 0 Å². The lowest BCUT2D eigenvalue weighted by atomic mass is 10.5. The van der Waals surface area contributed by atoms with Crippen molar-refractivity contribution in [2.24, 2.45) is 5.72 Å². The zero-order chi connectivity index (χ0) is 13.3. The molecule has 0 saturated carbocycles. The molecule has 0 aliphatic heterocycles. The third-order valence-corrected chi connectivity index (χ3v) is 0.349. The number of carbonyl (C=O) groups excluding carboxylic acids is 1. The molecular formula is C4H8N2O3. The summed E-state index contributed by atoms with van der Waals surface area (Å²) in [4.78, 5) is 21.5. The molecule has 0 bridgehead atoms. The van der Waals surface area contributed by atoms with Gasteiger partial charge in [0.25, 0.3) is 0 Å². The lowest BCUT2D eigenvalue weighted by Crippen LogP contribution is -2.34. The molecular weight excluding hydrogens is 124 g/mol. The SMILES string of the molecule is [2H]N([2H])C([2H])([2H])C(=O)N([2H])C([2H])([2H])C(=O)O. The van der Waals surface area contributed by atoms with E-state index in [1.54, 1.807) is 0 Å². The summed E-state index contributed by atoms with van der Waals surface area (Å²) in [7, 11) is 0. The largest absolute Gasteiger partial charge is 0.480 e. The molecule has 52 valence electrons. The average molecular weight is 139 g/mol. The second-order valence-electron chi connectivity index (χ2n) is 0.946.